The van der Waals surface area contributed by atoms with Crippen molar-refractivity contribution < 1.29 is 23.9 Å². The van der Waals surface area contributed by atoms with Crippen LogP contribution in [0.15, 0.2) is 48.5 Å². The van der Waals surface area contributed by atoms with E-state index >= 15 is 0 Å². The van der Waals surface area contributed by atoms with Crippen molar-refractivity contribution in [3.8, 4) is 0 Å². The Balaban J connectivity index is 1.69. The lowest BCUT2D eigenvalue weighted by atomic mass is 10.1. The van der Waals surface area contributed by atoms with E-state index in [9.17, 15) is 19.2 Å². The molecule has 7 heteroatoms. The van der Waals surface area contributed by atoms with Crippen LogP contribution in [0.1, 0.15) is 27.0 Å². The van der Waals surface area contributed by atoms with E-state index in [4.69, 9.17) is 4.74 Å². The molecule has 0 fully saturated rings. The Labute approximate surface area is 163 Å². The smallest absolute Gasteiger partial charge is 0.325 e. The molecule has 2 rings (SSSR count). The fraction of sp³-hybridized carbons (Fsp3) is 0.238. The van der Waals surface area contributed by atoms with Gasteiger partial charge in [0.15, 0.2) is 6.61 Å². The average Bonchev–Trinajstić information content (AvgIpc) is 2.67. The Morgan fingerprint density at radius 3 is 2.29 bits per heavy atom. The van der Waals surface area contributed by atoms with Crippen LogP contribution in [0.5, 0.6) is 0 Å². The van der Waals surface area contributed by atoms with Gasteiger partial charge in [0.25, 0.3) is 11.8 Å². The van der Waals surface area contributed by atoms with Crippen molar-refractivity contribution in [2.75, 3.05) is 13.2 Å². The van der Waals surface area contributed by atoms with Gasteiger partial charge >= 0.3 is 5.97 Å². The summed E-state index contributed by atoms with van der Waals surface area (Å²) < 4.78 is 4.77. The van der Waals surface area contributed by atoms with Crippen molar-refractivity contribution >= 4 is 23.7 Å². The minimum Gasteiger partial charge on any atom is -0.454 e. The quantitative estimate of drug-likeness (QED) is 0.706. The van der Waals surface area contributed by atoms with Gasteiger partial charge in [0, 0.05) is 5.56 Å². The second kappa shape index (κ2) is 10.0. The number of aryl methyl sites for hydroxylation is 2. The molecule has 0 aromatic heterocycles. The molecule has 2 N–H and O–H groups in total. The molecular weight excluding hydrogens is 360 g/mol. The number of amides is 3. The summed E-state index contributed by atoms with van der Waals surface area (Å²) in [6.45, 7) is 2.85. The SMILES string of the molecule is Cc1ccc(C(=O)NCC(=O)OCC(=O)NC(=O)Cc2ccccc2)cc1C. The van der Waals surface area contributed by atoms with Gasteiger partial charge in [-0.3, -0.25) is 24.5 Å². The number of hydrogen-bond donors (Lipinski definition) is 2. The minimum atomic E-state index is -0.775. The van der Waals surface area contributed by atoms with Gasteiger partial charge in [-0.2, -0.15) is 0 Å². The number of nitrogens with one attached hydrogen (secondary N) is 2. The number of hydrogen-bond acceptors (Lipinski definition) is 5. The predicted molar refractivity (Wildman–Crippen MR) is 103 cm³/mol. The average molecular weight is 382 g/mol. The van der Waals surface area contributed by atoms with Gasteiger partial charge in [0.2, 0.25) is 5.91 Å². The van der Waals surface area contributed by atoms with Crippen molar-refractivity contribution in [2.24, 2.45) is 0 Å². The molecule has 0 spiro atoms. The summed E-state index contributed by atoms with van der Waals surface area (Å²) in [5.74, 6) is -2.41. The summed E-state index contributed by atoms with van der Waals surface area (Å²) in [6, 6.07) is 14.1. The van der Waals surface area contributed by atoms with Crippen LogP contribution in [0, 0.1) is 13.8 Å². The minimum absolute atomic E-state index is 0.0482. The van der Waals surface area contributed by atoms with E-state index in [1.807, 2.05) is 26.0 Å². The van der Waals surface area contributed by atoms with E-state index in [0.717, 1.165) is 16.7 Å². The Bertz CT molecular complexity index is 878. The number of benzene rings is 2. The highest BCUT2D eigenvalue weighted by molar-refractivity contribution is 5.98. The number of carbonyl (C=O) groups is 4. The molecule has 3 amide bonds. The molecule has 0 unspecified atom stereocenters. The van der Waals surface area contributed by atoms with Crippen LogP contribution in [0.2, 0.25) is 0 Å². The van der Waals surface area contributed by atoms with Gasteiger partial charge < -0.3 is 10.1 Å². The molecule has 0 aliphatic carbocycles. The Kier molecular flexibility index (Phi) is 7.45. The topological polar surface area (TPSA) is 102 Å². The van der Waals surface area contributed by atoms with Crippen LogP contribution in [0.3, 0.4) is 0 Å². The Morgan fingerprint density at radius 1 is 0.893 bits per heavy atom. The highest BCUT2D eigenvalue weighted by Crippen LogP contribution is 2.09. The van der Waals surface area contributed by atoms with E-state index < -0.39 is 30.3 Å². The second-order valence-electron chi connectivity index (χ2n) is 6.28. The molecule has 0 aliphatic heterocycles. The number of rotatable bonds is 7. The van der Waals surface area contributed by atoms with E-state index in [2.05, 4.69) is 10.6 Å². The summed E-state index contributed by atoms with van der Waals surface area (Å²) in [5.41, 5.74) is 3.22. The maximum Gasteiger partial charge on any atom is 0.325 e. The maximum absolute atomic E-state index is 12.0. The van der Waals surface area contributed by atoms with Crippen LogP contribution in [-0.2, 0) is 25.5 Å². The van der Waals surface area contributed by atoms with Gasteiger partial charge in [0.1, 0.15) is 6.54 Å². The third-order valence-electron chi connectivity index (χ3n) is 4.01. The largest absolute Gasteiger partial charge is 0.454 e. The summed E-state index contributed by atoms with van der Waals surface area (Å²) in [5, 5.41) is 4.57. The molecule has 0 atom stereocenters. The van der Waals surface area contributed by atoms with Crippen LogP contribution in [0.4, 0.5) is 0 Å². The lowest BCUT2D eigenvalue weighted by molar-refractivity contribution is -0.148. The van der Waals surface area contributed by atoms with E-state index in [-0.39, 0.29) is 13.0 Å². The number of carbonyl (C=O) groups excluding carboxylic acids is 4. The lowest BCUT2D eigenvalue weighted by Crippen LogP contribution is -2.37. The third-order valence-corrected chi connectivity index (χ3v) is 4.01. The monoisotopic (exact) mass is 382 g/mol. The zero-order valence-corrected chi connectivity index (χ0v) is 15.8. The number of imide groups is 1. The normalized spacial score (nSPS) is 10.1. The van der Waals surface area contributed by atoms with Gasteiger partial charge in [-0.25, -0.2) is 0 Å². The van der Waals surface area contributed by atoms with Crippen molar-refractivity contribution in [3.63, 3.8) is 0 Å². The van der Waals surface area contributed by atoms with Gasteiger partial charge in [-0.15, -0.1) is 0 Å². The van der Waals surface area contributed by atoms with Gasteiger partial charge in [-0.1, -0.05) is 36.4 Å². The first-order valence-electron chi connectivity index (χ1n) is 8.73. The molecule has 28 heavy (non-hydrogen) atoms. The standard InChI is InChI=1S/C21H22N2O5/c1-14-8-9-17(10-15(14)2)21(27)22-12-20(26)28-13-19(25)23-18(24)11-16-6-4-3-5-7-16/h3-10H,11-13H2,1-2H3,(H,22,27)(H,23,24,25). The number of esters is 1. The Morgan fingerprint density at radius 2 is 1.61 bits per heavy atom. The van der Waals surface area contributed by atoms with E-state index in [1.54, 1.807) is 36.4 Å². The van der Waals surface area contributed by atoms with Crippen molar-refractivity contribution in [1.82, 2.24) is 10.6 Å². The highest BCUT2D eigenvalue weighted by Gasteiger charge is 2.13. The molecule has 2 aromatic rings. The molecule has 0 heterocycles. The Hall–Kier alpha value is -3.48. The van der Waals surface area contributed by atoms with Crippen molar-refractivity contribution in [2.45, 2.75) is 20.3 Å². The second-order valence-corrected chi connectivity index (χ2v) is 6.28. The van der Waals surface area contributed by atoms with Gasteiger partial charge in [-0.05, 0) is 42.7 Å². The first kappa shape index (κ1) is 20.8. The molecule has 146 valence electrons. The zero-order valence-electron chi connectivity index (χ0n) is 15.8. The first-order chi connectivity index (χ1) is 13.3. The first-order valence-corrected chi connectivity index (χ1v) is 8.73. The van der Waals surface area contributed by atoms with Crippen LogP contribution < -0.4 is 10.6 Å². The van der Waals surface area contributed by atoms with E-state index in [0.29, 0.717) is 5.56 Å². The third kappa shape index (κ3) is 6.68. The summed E-state index contributed by atoms with van der Waals surface area (Å²) in [7, 11) is 0. The number of ether oxygens (including phenoxy) is 1. The van der Waals surface area contributed by atoms with Crippen LogP contribution >= 0.6 is 0 Å². The fourth-order valence-electron chi connectivity index (χ4n) is 2.35. The zero-order chi connectivity index (χ0) is 20.5. The summed E-state index contributed by atoms with van der Waals surface area (Å²) in [4.78, 5) is 47.1. The van der Waals surface area contributed by atoms with Gasteiger partial charge in [0.05, 0.1) is 6.42 Å². The van der Waals surface area contributed by atoms with Crippen LogP contribution in [0.25, 0.3) is 0 Å². The molecular formula is C21H22N2O5. The molecule has 0 saturated heterocycles. The predicted octanol–water partition coefficient (Wildman–Crippen LogP) is 1.46. The van der Waals surface area contributed by atoms with Crippen molar-refractivity contribution in [3.05, 3.63) is 70.8 Å². The van der Waals surface area contributed by atoms with Crippen molar-refractivity contribution in [1.29, 1.82) is 0 Å². The summed E-state index contributed by atoms with van der Waals surface area (Å²) >= 11 is 0. The molecule has 0 aliphatic rings. The van der Waals surface area contributed by atoms with E-state index in [1.165, 1.54) is 0 Å². The summed E-state index contributed by atoms with van der Waals surface area (Å²) in [6.07, 6.45) is 0.0482. The van der Waals surface area contributed by atoms with Crippen LogP contribution in [-0.4, -0.2) is 36.8 Å². The highest BCUT2D eigenvalue weighted by atomic mass is 16.5. The molecule has 7 nitrogen and oxygen atoms in total. The molecule has 0 radical (unpaired) electrons. The molecule has 0 saturated carbocycles. The fourth-order valence-corrected chi connectivity index (χ4v) is 2.35. The molecule has 0 bridgehead atoms. The lowest BCUT2D eigenvalue weighted by Gasteiger charge is -2.08. The maximum atomic E-state index is 12.0. The molecule has 2 aromatic carbocycles.